The number of esters is 1. The Bertz CT molecular complexity index is 589. The first-order chi connectivity index (χ1) is 9.38. The van der Waals surface area contributed by atoms with E-state index in [4.69, 9.17) is 14.7 Å². The molecule has 106 valence electrons. The minimum atomic E-state index is -0.652. The van der Waals surface area contributed by atoms with Gasteiger partial charge in [-0.2, -0.15) is 5.26 Å². The number of carbonyl (C=O) groups is 1. The van der Waals surface area contributed by atoms with E-state index in [0.717, 1.165) is 8.95 Å². The van der Waals surface area contributed by atoms with Gasteiger partial charge >= 0.3 is 5.97 Å². The molecule has 6 heteroatoms. The van der Waals surface area contributed by atoms with E-state index in [1.165, 1.54) is 13.2 Å². The fourth-order valence-corrected chi connectivity index (χ4v) is 2.89. The highest BCUT2D eigenvalue weighted by molar-refractivity contribution is 9.11. The number of halogens is 2. The first-order valence-electron chi connectivity index (χ1n) is 5.74. The summed E-state index contributed by atoms with van der Waals surface area (Å²) in [7, 11) is 1.52. The van der Waals surface area contributed by atoms with Gasteiger partial charge in [-0.3, -0.25) is 0 Å². The number of benzene rings is 1. The van der Waals surface area contributed by atoms with E-state index >= 15 is 0 Å². The highest BCUT2D eigenvalue weighted by Gasteiger charge is 2.15. The lowest BCUT2D eigenvalue weighted by molar-refractivity contribution is -0.142. The van der Waals surface area contributed by atoms with Gasteiger partial charge in [-0.1, -0.05) is 15.9 Å². The molecule has 0 amide bonds. The molecule has 0 aliphatic rings. The summed E-state index contributed by atoms with van der Waals surface area (Å²) >= 11 is 6.72. The second-order valence-corrected chi connectivity index (χ2v) is 5.90. The molecule has 0 radical (unpaired) electrons. The SMILES string of the molecule is COc1c(Br)cc(Br)cc1/C=C(\C#N)C(=O)OC(C)C. The van der Waals surface area contributed by atoms with E-state index in [0.29, 0.717) is 11.3 Å². The van der Waals surface area contributed by atoms with Crippen molar-refractivity contribution in [3.8, 4) is 11.8 Å². The third-order valence-electron chi connectivity index (χ3n) is 2.22. The van der Waals surface area contributed by atoms with Gasteiger partial charge in [-0.05, 0) is 48.0 Å². The van der Waals surface area contributed by atoms with Crippen LogP contribution < -0.4 is 4.74 Å². The van der Waals surface area contributed by atoms with Crippen LogP contribution in [0.2, 0.25) is 0 Å². The van der Waals surface area contributed by atoms with Crippen molar-refractivity contribution in [1.82, 2.24) is 0 Å². The summed E-state index contributed by atoms with van der Waals surface area (Å²) < 4.78 is 11.8. The molecule has 0 unspecified atom stereocenters. The van der Waals surface area contributed by atoms with Gasteiger partial charge in [-0.15, -0.1) is 0 Å². The minimum Gasteiger partial charge on any atom is -0.495 e. The second kappa shape index (κ2) is 7.46. The molecule has 1 aromatic carbocycles. The van der Waals surface area contributed by atoms with Crippen LogP contribution in [0.3, 0.4) is 0 Å². The topological polar surface area (TPSA) is 59.3 Å². The van der Waals surface area contributed by atoms with Crippen LogP contribution in [0.25, 0.3) is 6.08 Å². The van der Waals surface area contributed by atoms with Crippen molar-refractivity contribution in [2.24, 2.45) is 0 Å². The molecule has 0 spiro atoms. The Morgan fingerprint density at radius 3 is 2.55 bits per heavy atom. The van der Waals surface area contributed by atoms with Gasteiger partial charge < -0.3 is 9.47 Å². The number of ether oxygens (including phenoxy) is 2. The Balaban J connectivity index is 3.26. The fourth-order valence-electron chi connectivity index (χ4n) is 1.47. The Kier molecular flexibility index (Phi) is 6.24. The van der Waals surface area contributed by atoms with Crippen molar-refractivity contribution < 1.29 is 14.3 Å². The van der Waals surface area contributed by atoms with Gasteiger partial charge in [0.15, 0.2) is 0 Å². The summed E-state index contributed by atoms with van der Waals surface area (Å²) in [5, 5.41) is 9.09. The van der Waals surface area contributed by atoms with Crippen LogP contribution in [0.1, 0.15) is 19.4 Å². The fraction of sp³-hybridized carbons (Fsp3) is 0.286. The molecule has 4 nitrogen and oxygen atoms in total. The molecule has 20 heavy (non-hydrogen) atoms. The second-order valence-electron chi connectivity index (χ2n) is 4.13. The third kappa shape index (κ3) is 4.36. The number of nitriles is 1. The number of hydrogen-bond donors (Lipinski definition) is 0. The molecule has 0 atom stereocenters. The number of methoxy groups -OCH3 is 1. The molecule has 1 rings (SSSR count). The molecule has 0 saturated heterocycles. The van der Waals surface area contributed by atoms with E-state index < -0.39 is 5.97 Å². The molecule has 0 saturated carbocycles. The van der Waals surface area contributed by atoms with Crippen LogP contribution in [-0.2, 0) is 9.53 Å². The minimum absolute atomic E-state index is 0.0815. The first-order valence-corrected chi connectivity index (χ1v) is 7.33. The van der Waals surface area contributed by atoms with Gasteiger partial charge in [0.05, 0.1) is 17.7 Å². The number of carbonyl (C=O) groups excluding carboxylic acids is 1. The zero-order valence-electron chi connectivity index (χ0n) is 11.2. The average molecular weight is 403 g/mol. The molecule has 0 N–H and O–H groups in total. The number of rotatable bonds is 4. The Labute approximate surface area is 134 Å². The van der Waals surface area contributed by atoms with Crippen LogP contribution in [0, 0.1) is 11.3 Å². The van der Waals surface area contributed by atoms with E-state index in [2.05, 4.69) is 31.9 Å². The summed E-state index contributed by atoms with van der Waals surface area (Å²) in [5.74, 6) is -0.112. The Morgan fingerprint density at radius 1 is 1.40 bits per heavy atom. The molecule has 0 aliphatic heterocycles. The smallest absolute Gasteiger partial charge is 0.349 e. The maximum Gasteiger partial charge on any atom is 0.349 e. The van der Waals surface area contributed by atoms with Crippen LogP contribution in [0.15, 0.2) is 26.7 Å². The summed E-state index contributed by atoms with van der Waals surface area (Å²) in [5.41, 5.74) is 0.521. The Morgan fingerprint density at radius 2 is 2.05 bits per heavy atom. The van der Waals surface area contributed by atoms with E-state index in [1.54, 1.807) is 19.9 Å². The largest absolute Gasteiger partial charge is 0.495 e. The van der Waals surface area contributed by atoms with Crippen molar-refractivity contribution in [1.29, 1.82) is 5.26 Å². The lowest BCUT2D eigenvalue weighted by Gasteiger charge is -2.10. The van der Waals surface area contributed by atoms with Gasteiger partial charge in [0.1, 0.15) is 17.4 Å². The predicted molar refractivity (Wildman–Crippen MR) is 83.2 cm³/mol. The molecule has 1 aromatic rings. The van der Waals surface area contributed by atoms with E-state index in [-0.39, 0.29) is 11.7 Å². The first kappa shape index (κ1) is 16.7. The number of nitrogens with zero attached hydrogens (tertiary/aromatic N) is 1. The molecule has 0 fully saturated rings. The van der Waals surface area contributed by atoms with Crippen molar-refractivity contribution in [3.63, 3.8) is 0 Å². The van der Waals surface area contributed by atoms with Crippen molar-refractivity contribution in [2.45, 2.75) is 20.0 Å². The van der Waals surface area contributed by atoms with E-state index in [9.17, 15) is 4.79 Å². The van der Waals surface area contributed by atoms with Crippen LogP contribution in [0.4, 0.5) is 0 Å². The molecule has 0 bridgehead atoms. The molecule has 0 aromatic heterocycles. The van der Waals surface area contributed by atoms with Crippen LogP contribution in [-0.4, -0.2) is 19.2 Å². The standard InChI is InChI=1S/C14H13Br2NO3/c1-8(2)20-14(18)10(7-17)4-9-5-11(15)6-12(16)13(9)19-3/h4-6,8H,1-3H3/b10-4+. The third-order valence-corrected chi connectivity index (χ3v) is 3.27. The van der Waals surface area contributed by atoms with Crippen LogP contribution in [0.5, 0.6) is 5.75 Å². The van der Waals surface area contributed by atoms with Gasteiger partial charge in [0.2, 0.25) is 0 Å². The quantitative estimate of drug-likeness (QED) is 0.432. The molecular weight excluding hydrogens is 390 g/mol. The zero-order chi connectivity index (χ0) is 15.3. The summed E-state index contributed by atoms with van der Waals surface area (Å²) in [6.45, 7) is 3.45. The Hall–Kier alpha value is -1.32. The van der Waals surface area contributed by atoms with Crippen molar-refractivity contribution in [2.75, 3.05) is 7.11 Å². The van der Waals surface area contributed by atoms with Gasteiger partial charge in [0.25, 0.3) is 0 Å². The molecule has 0 heterocycles. The van der Waals surface area contributed by atoms with Crippen molar-refractivity contribution in [3.05, 3.63) is 32.2 Å². The maximum absolute atomic E-state index is 11.8. The zero-order valence-corrected chi connectivity index (χ0v) is 14.4. The average Bonchev–Trinajstić information content (AvgIpc) is 2.34. The summed E-state index contributed by atoms with van der Waals surface area (Å²) in [6, 6.07) is 5.41. The lowest BCUT2D eigenvalue weighted by atomic mass is 10.1. The van der Waals surface area contributed by atoms with E-state index in [1.807, 2.05) is 12.1 Å². The summed E-state index contributed by atoms with van der Waals surface area (Å²) in [6.07, 6.45) is 1.16. The highest BCUT2D eigenvalue weighted by atomic mass is 79.9. The predicted octanol–water partition coefficient (Wildman–Crippen LogP) is 4.08. The number of hydrogen-bond acceptors (Lipinski definition) is 4. The lowest BCUT2D eigenvalue weighted by Crippen LogP contribution is -2.12. The molecule has 0 aliphatic carbocycles. The maximum atomic E-state index is 11.8. The molecular formula is C14H13Br2NO3. The summed E-state index contributed by atoms with van der Waals surface area (Å²) in [4.78, 5) is 11.8. The monoisotopic (exact) mass is 401 g/mol. The highest BCUT2D eigenvalue weighted by Crippen LogP contribution is 2.34. The van der Waals surface area contributed by atoms with Gasteiger partial charge in [-0.25, -0.2) is 4.79 Å². The van der Waals surface area contributed by atoms with Crippen LogP contribution >= 0.6 is 31.9 Å². The normalized spacial score (nSPS) is 11.2. The van der Waals surface area contributed by atoms with Crippen molar-refractivity contribution >= 4 is 43.9 Å². The van der Waals surface area contributed by atoms with Gasteiger partial charge in [0, 0.05) is 10.0 Å².